The Hall–Kier alpha value is -15.2. The Morgan fingerprint density at radius 3 is 1.09 bits per heavy atom. The molecule has 0 saturated heterocycles. The summed E-state index contributed by atoms with van der Waals surface area (Å²) in [5.74, 6) is 1.89. The average Bonchev–Trinajstić information content (AvgIpc) is 0.729. The lowest BCUT2D eigenvalue weighted by atomic mass is 9.85. The van der Waals surface area contributed by atoms with E-state index < -0.39 is 0 Å². The van der Waals surface area contributed by atoms with Crippen molar-refractivity contribution in [3.05, 3.63) is 370 Å². The molecule has 0 spiro atoms. The molecule has 0 saturated carbocycles. The third-order valence-electron chi connectivity index (χ3n) is 22.3. The minimum Gasteiger partial charge on any atom is -0.309 e. The molecule has 0 N–H and O–H groups in total. The van der Waals surface area contributed by atoms with Crippen LogP contribution in [0.4, 0.5) is 5.69 Å². The number of rotatable bonds is 7. The van der Waals surface area contributed by atoms with E-state index in [0.29, 0.717) is 23.2 Å². The maximum absolute atomic E-state index is 7.83. The van der Waals surface area contributed by atoms with Crippen molar-refractivity contribution < 1.29 is 0 Å². The minimum absolute atomic E-state index is 0.626. The van der Waals surface area contributed by atoms with E-state index in [0.717, 1.165) is 197 Å². The first-order valence-corrected chi connectivity index (χ1v) is 37.3. The maximum Gasteiger partial charge on any atom is 0.188 e. The minimum atomic E-state index is 0.626. The highest BCUT2D eigenvalue weighted by molar-refractivity contribution is 6.33. The van der Waals surface area contributed by atoms with Gasteiger partial charge in [0, 0.05) is 105 Å². The summed E-state index contributed by atoms with van der Waals surface area (Å²) in [5.41, 5.74) is 17.0. The van der Waals surface area contributed by atoms with Gasteiger partial charge in [0.2, 0.25) is 0 Å². The van der Waals surface area contributed by atoms with Crippen LogP contribution >= 0.6 is 0 Å². The Bertz CT molecular complexity index is 7740. The van der Waals surface area contributed by atoms with Crippen LogP contribution in [0.3, 0.4) is 0 Å². The summed E-state index contributed by atoms with van der Waals surface area (Å²) in [6, 6.07) is 121. The quantitative estimate of drug-likeness (QED) is 0.0890. The molecule has 0 aliphatic rings. The molecule has 0 bridgehead atoms. The molecule has 6 aromatic heterocycles. The normalized spacial score (nSPS) is 11.8. The molecule has 0 amide bonds. The predicted molar refractivity (Wildman–Crippen MR) is 461 cm³/mol. The first kappa shape index (κ1) is 63.1. The lowest BCUT2D eigenvalue weighted by molar-refractivity contribution is 1.08. The number of nitrogens with zero attached hydrogens (tertiary/aromatic N) is 9. The number of para-hydroxylation sites is 3. The summed E-state index contributed by atoms with van der Waals surface area (Å²) in [5, 5.41) is 24.6. The molecule has 0 atom stereocenters. The molecule has 0 radical (unpaired) electrons. The van der Waals surface area contributed by atoms with Gasteiger partial charge >= 0.3 is 0 Å². The predicted octanol–water partition coefficient (Wildman–Crippen LogP) is 26.6. The summed E-state index contributed by atoms with van der Waals surface area (Å²) in [4.78, 5) is 40.2. The summed E-state index contributed by atoms with van der Waals surface area (Å²) >= 11 is 0. The summed E-state index contributed by atoms with van der Waals surface area (Å²) < 4.78 is 2.31. The molecular weight excluding hydrogens is 1350 g/mol. The zero-order valence-electron chi connectivity index (χ0n) is 59.6. The first-order valence-electron chi connectivity index (χ1n) is 37.3. The Morgan fingerprint density at radius 1 is 0.243 bits per heavy atom. The third kappa shape index (κ3) is 10.1. The fraction of sp³-hybridized carbons (Fsp3) is 0. The fourth-order valence-electron chi connectivity index (χ4n) is 17.5. The van der Waals surface area contributed by atoms with Crippen LogP contribution in [-0.4, -0.2) is 39.5 Å². The summed E-state index contributed by atoms with van der Waals surface area (Å²) in [7, 11) is 0. The monoisotopic (exact) mass is 1410 g/mol. The number of fused-ring (bicyclic) bond motifs is 21. The average molecular weight is 1410 g/mol. The molecular formula is C102H59N9. The number of hydrogen-bond acceptors (Lipinski definition) is 7. The fourth-order valence-corrected chi connectivity index (χ4v) is 17.5. The standard InChI is InChI=1S/C53H30N4.C49H29N5/c1-54-35-25-28-47-44(31-35)43-30-34(24-27-46(43)57(47)36-13-3-2-4-14-36)48-37-15-5-7-17-39(37)51(40-18-8-6-16-38(40)48)53-42-26-23-32-21-22-33-12-11-29-55-52(33)49(32)50(42)41-19-9-10-20-45(41)56-53;1-3-14-32(15-4-1)47-52-48(33-16-5-2-6-17-33)54-49(53-47)44-36-21-9-7-19-34(36)43(35-20-8-10-22-37(35)44)46-39-28-27-30-25-26-31-18-13-29-50-45(31)41(30)42(39)38-23-11-12-24-40(38)51-46/h2-31H;1-29H. The number of pyridine rings is 4. The van der Waals surface area contributed by atoms with Crippen molar-refractivity contribution in [2.45, 2.75) is 0 Å². The molecule has 512 valence electrons. The van der Waals surface area contributed by atoms with Gasteiger partial charge in [-0.1, -0.05) is 285 Å². The SMILES string of the molecule is [C-]#[N+]c1ccc2c(c1)c1cc(-c3c4ccccc4c(-c4nc5ccccc5c5c4ccc4ccc6cccnc6c45)c4ccccc34)ccc1n2-c1ccccc1.c1ccc(-c2nc(-c3ccccc3)nc(-c3c4ccccc4c(-c4nc5ccccc5c5c4ccc4ccc6cccnc6c45)c4ccccc34)n2)cc1. The molecule has 23 aromatic rings. The van der Waals surface area contributed by atoms with Gasteiger partial charge in [-0.15, -0.1) is 0 Å². The third-order valence-corrected chi connectivity index (χ3v) is 22.3. The Kier molecular flexibility index (Phi) is 14.5. The van der Waals surface area contributed by atoms with Crippen LogP contribution in [0.1, 0.15) is 0 Å². The molecule has 0 aliphatic heterocycles. The highest BCUT2D eigenvalue weighted by atomic mass is 15.0. The largest absolute Gasteiger partial charge is 0.309 e. The molecule has 9 nitrogen and oxygen atoms in total. The van der Waals surface area contributed by atoms with E-state index in [2.05, 4.69) is 264 Å². The Balaban J connectivity index is 0.000000137. The molecule has 111 heavy (non-hydrogen) atoms. The van der Waals surface area contributed by atoms with Gasteiger partial charge in [0.25, 0.3) is 0 Å². The summed E-state index contributed by atoms with van der Waals surface area (Å²) in [6.45, 7) is 7.83. The van der Waals surface area contributed by atoms with Crippen molar-refractivity contribution in [3.63, 3.8) is 0 Å². The van der Waals surface area contributed by atoms with Crippen LogP contribution in [0.5, 0.6) is 0 Å². The highest BCUT2D eigenvalue weighted by Crippen LogP contribution is 2.51. The topological polar surface area (TPSA) is 99.5 Å². The zero-order valence-corrected chi connectivity index (χ0v) is 59.6. The molecule has 17 aromatic carbocycles. The molecule has 0 unspecified atom stereocenters. The van der Waals surface area contributed by atoms with Crippen molar-refractivity contribution in [2.24, 2.45) is 0 Å². The van der Waals surface area contributed by atoms with E-state index >= 15 is 0 Å². The Morgan fingerprint density at radius 2 is 0.622 bits per heavy atom. The van der Waals surface area contributed by atoms with Gasteiger partial charge in [0.15, 0.2) is 23.2 Å². The van der Waals surface area contributed by atoms with E-state index in [1.54, 1.807) is 0 Å². The smallest absolute Gasteiger partial charge is 0.188 e. The van der Waals surface area contributed by atoms with Crippen molar-refractivity contribution in [2.75, 3.05) is 0 Å². The van der Waals surface area contributed by atoms with Gasteiger partial charge in [-0.25, -0.2) is 29.8 Å². The van der Waals surface area contributed by atoms with Crippen molar-refractivity contribution in [1.29, 1.82) is 0 Å². The lowest BCUT2D eigenvalue weighted by Gasteiger charge is -2.19. The van der Waals surface area contributed by atoms with Crippen LogP contribution in [0.15, 0.2) is 358 Å². The second-order valence-electron chi connectivity index (χ2n) is 28.3. The molecule has 6 heterocycles. The van der Waals surface area contributed by atoms with E-state index in [1.807, 2.05) is 103 Å². The second kappa shape index (κ2) is 25.5. The molecule has 23 rings (SSSR count). The van der Waals surface area contributed by atoms with Crippen LogP contribution in [0, 0.1) is 6.57 Å². The van der Waals surface area contributed by atoms with Gasteiger partial charge in [-0.3, -0.25) is 9.97 Å². The van der Waals surface area contributed by atoms with E-state index in [-0.39, 0.29) is 0 Å². The van der Waals surface area contributed by atoms with Crippen LogP contribution < -0.4 is 0 Å². The number of hydrogen-bond donors (Lipinski definition) is 0. The first-order chi connectivity index (χ1) is 55.0. The lowest BCUT2D eigenvalue weighted by Crippen LogP contribution is -2.02. The maximum atomic E-state index is 7.83. The molecule has 9 heteroatoms. The van der Waals surface area contributed by atoms with Gasteiger partial charge in [-0.2, -0.15) is 0 Å². The van der Waals surface area contributed by atoms with E-state index in [1.165, 1.54) is 10.9 Å². The van der Waals surface area contributed by atoms with Crippen LogP contribution in [0.2, 0.25) is 0 Å². The van der Waals surface area contributed by atoms with Crippen LogP contribution in [-0.2, 0) is 0 Å². The van der Waals surface area contributed by atoms with Gasteiger partial charge < -0.3 is 4.57 Å². The van der Waals surface area contributed by atoms with Gasteiger partial charge in [0.05, 0.1) is 51.1 Å². The highest BCUT2D eigenvalue weighted by Gasteiger charge is 2.27. The second-order valence-corrected chi connectivity index (χ2v) is 28.3. The van der Waals surface area contributed by atoms with Gasteiger partial charge in [0.1, 0.15) is 0 Å². The van der Waals surface area contributed by atoms with Crippen LogP contribution in [0.25, 0.3) is 230 Å². The van der Waals surface area contributed by atoms with Crippen molar-refractivity contribution in [1.82, 2.24) is 39.5 Å². The molecule has 0 aliphatic carbocycles. The van der Waals surface area contributed by atoms with E-state index in [4.69, 9.17) is 41.5 Å². The number of aromatic nitrogens is 8. The van der Waals surface area contributed by atoms with Gasteiger partial charge in [-0.05, 0) is 131 Å². The van der Waals surface area contributed by atoms with E-state index in [9.17, 15) is 0 Å². The van der Waals surface area contributed by atoms with Crippen molar-refractivity contribution >= 4 is 157 Å². The number of benzene rings is 17. The Labute approximate surface area is 635 Å². The summed E-state index contributed by atoms with van der Waals surface area (Å²) in [6.07, 6.45) is 3.78. The van der Waals surface area contributed by atoms with Crippen molar-refractivity contribution in [3.8, 4) is 73.5 Å². The molecule has 0 fully saturated rings. The zero-order chi connectivity index (χ0) is 73.2.